The summed E-state index contributed by atoms with van der Waals surface area (Å²) >= 11 is 0. The molecule has 0 aromatic heterocycles. The number of ether oxygens (including phenoxy) is 3. The molecule has 9 nitrogen and oxygen atoms in total. The minimum atomic E-state index is -3.72. The molecule has 162 valence electrons. The molecule has 29 heavy (non-hydrogen) atoms. The fraction of sp³-hybridized carbons (Fsp3) is 0.579. The number of benzene rings is 1. The molecule has 2 rings (SSSR count). The third-order valence-corrected chi connectivity index (χ3v) is 6.49. The number of esters is 1. The Bertz CT molecular complexity index is 831. The second kappa shape index (κ2) is 9.93. The highest BCUT2D eigenvalue weighted by atomic mass is 32.2. The molecule has 0 atom stereocenters. The van der Waals surface area contributed by atoms with Crippen LogP contribution in [0.1, 0.15) is 26.7 Å². The van der Waals surface area contributed by atoms with Gasteiger partial charge in [0.05, 0.1) is 25.2 Å². The van der Waals surface area contributed by atoms with Crippen LogP contribution in [0.15, 0.2) is 23.1 Å². The average Bonchev–Trinajstić information content (AvgIpc) is 2.71. The van der Waals surface area contributed by atoms with Crippen molar-refractivity contribution in [2.75, 3.05) is 33.9 Å². The van der Waals surface area contributed by atoms with Crippen molar-refractivity contribution in [1.82, 2.24) is 9.62 Å². The van der Waals surface area contributed by atoms with E-state index in [-0.39, 0.29) is 42.5 Å². The number of nitrogens with zero attached hydrogens (tertiary/aromatic N) is 1. The molecule has 0 radical (unpaired) electrons. The monoisotopic (exact) mass is 428 g/mol. The fourth-order valence-corrected chi connectivity index (χ4v) is 4.58. The van der Waals surface area contributed by atoms with E-state index in [2.05, 4.69) is 5.32 Å². The summed E-state index contributed by atoms with van der Waals surface area (Å²) in [5, 5.41) is 2.56. The zero-order chi connectivity index (χ0) is 21.6. The predicted molar refractivity (Wildman–Crippen MR) is 105 cm³/mol. The number of carbonyl (C=O) groups is 2. The lowest BCUT2D eigenvalue weighted by molar-refractivity contribution is -0.147. The molecule has 0 unspecified atom stereocenters. The van der Waals surface area contributed by atoms with Gasteiger partial charge >= 0.3 is 5.97 Å². The van der Waals surface area contributed by atoms with Gasteiger partial charge in [0.25, 0.3) is 0 Å². The van der Waals surface area contributed by atoms with Crippen molar-refractivity contribution >= 4 is 21.9 Å². The third kappa shape index (κ3) is 5.83. The first-order valence-electron chi connectivity index (χ1n) is 9.38. The third-order valence-electron chi connectivity index (χ3n) is 4.59. The zero-order valence-corrected chi connectivity index (χ0v) is 18.0. The number of carbonyl (C=O) groups excluding carboxylic acids is 2. The van der Waals surface area contributed by atoms with Gasteiger partial charge in [0.15, 0.2) is 11.5 Å². The quantitative estimate of drug-likeness (QED) is 0.619. The summed E-state index contributed by atoms with van der Waals surface area (Å²) in [5.41, 5.74) is 0. The second-order valence-electron chi connectivity index (χ2n) is 6.95. The molecule has 1 aliphatic heterocycles. The van der Waals surface area contributed by atoms with E-state index in [1.807, 2.05) is 0 Å². The fourth-order valence-electron chi connectivity index (χ4n) is 3.09. The van der Waals surface area contributed by atoms with Gasteiger partial charge < -0.3 is 19.5 Å². The van der Waals surface area contributed by atoms with Crippen LogP contribution < -0.4 is 14.8 Å². The Morgan fingerprint density at radius 2 is 1.76 bits per heavy atom. The van der Waals surface area contributed by atoms with E-state index in [4.69, 9.17) is 14.2 Å². The maximum atomic E-state index is 12.9. The number of amides is 1. The van der Waals surface area contributed by atoms with Crippen LogP contribution in [0.3, 0.4) is 0 Å². The summed E-state index contributed by atoms with van der Waals surface area (Å²) in [4.78, 5) is 23.9. The van der Waals surface area contributed by atoms with Gasteiger partial charge in [-0.1, -0.05) is 0 Å². The Kier molecular flexibility index (Phi) is 7.86. The maximum Gasteiger partial charge on any atom is 0.325 e. The van der Waals surface area contributed by atoms with Crippen molar-refractivity contribution in [1.29, 1.82) is 0 Å². The first kappa shape index (κ1) is 23.0. The van der Waals surface area contributed by atoms with Gasteiger partial charge in [-0.25, -0.2) is 8.42 Å². The molecule has 1 aromatic rings. The standard InChI is InChI=1S/C19H28N2O7S/c1-13(2)28-18(22)12-20-19(23)14-7-9-21(10-8-14)29(24,25)15-5-6-16(26-3)17(11-15)27-4/h5-6,11,13-14H,7-10,12H2,1-4H3,(H,20,23). The molecule has 0 bridgehead atoms. The SMILES string of the molecule is COc1ccc(S(=O)(=O)N2CCC(C(=O)NCC(=O)OC(C)C)CC2)cc1OC. The van der Waals surface area contributed by atoms with E-state index < -0.39 is 16.0 Å². The van der Waals surface area contributed by atoms with Gasteiger partial charge in [-0.15, -0.1) is 0 Å². The molecule has 1 N–H and O–H groups in total. The van der Waals surface area contributed by atoms with E-state index in [1.54, 1.807) is 19.9 Å². The first-order chi connectivity index (χ1) is 13.7. The van der Waals surface area contributed by atoms with Crippen LogP contribution >= 0.6 is 0 Å². The number of hydrogen-bond donors (Lipinski definition) is 1. The molecule has 1 aromatic carbocycles. The highest BCUT2D eigenvalue weighted by molar-refractivity contribution is 7.89. The Balaban J connectivity index is 1.96. The Labute approximate surface area is 171 Å². The molecule has 10 heteroatoms. The summed E-state index contributed by atoms with van der Waals surface area (Å²) in [6.07, 6.45) is 0.499. The van der Waals surface area contributed by atoms with Crippen molar-refractivity contribution in [2.24, 2.45) is 5.92 Å². The van der Waals surface area contributed by atoms with Crippen molar-refractivity contribution in [3.8, 4) is 11.5 Å². The summed E-state index contributed by atoms with van der Waals surface area (Å²) in [5.74, 6) is -0.344. The molecule has 1 fully saturated rings. The molecular formula is C19H28N2O7S. The number of sulfonamides is 1. The van der Waals surface area contributed by atoms with Crippen molar-refractivity contribution in [2.45, 2.75) is 37.7 Å². The molecule has 0 aliphatic carbocycles. The lowest BCUT2D eigenvalue weighted by Crippen LogP contribution is -2.44. The molecule has 0 spiro atoms. The number of hydrogen-bond acceptors (Lipinski definition) is 7. The van der Waals surface area contributed by atoms with Crippen molar-refractivity contribution in [3.05, 3.63) is 18.2 Å². The maximum absolute atomic E-state index is 12.9. The number of methoxy groups -OCH3 is 2. The summed E-state index contributed by atoms with van der Waals surface area (Å²) in [7, 11) is -0.800. The molecule has 1 amide bonds. The lowest BCUT2D eigenvalue weighted by Gasteiger charge is -2.30. The molecule has 1 saturated heterocycles. The Morgan fingerprint density at radius 3 is 2.31 bits per heavy atom. The molecule has 1 heterocycles. The Hall–Kier alpha value is -2.33. The minimum Gasteiger partial charge on any atom is -0.493 e. The highest BCUT2D eigenvalue weighted by Gasteiger charge is 2.32. The first-order valence-corrected chi connectivity index (χ1v) is 10.8. The van der Waals surface area contributed by atoms with Crippen LogP contribution in [-0.4, -0.2) is 64.6 Å². The van der Waals surface area contributed by atoms with E-state index >= 15 is 0 Å². The van der Waals surface area contributed by atoms with Gasteiger partial charge in [-0.2, -0.15) is 4.31 Å². The molecular weight excluding hydrogens is 400 g/mol. The zero-order valence-electron chi connectivity index (χ0n) is 17.1. The largest absolute Gasteiger partial charge is 0.493 e. The van der Waals surface area contributed by atoms with Gasteiger partial charge in [-0.3, -0.25) is 9.59 Å². The molecule has 0 saturated carbocycles. The normalized spacial score (nSPS) is 15.8. The van der Waals surface area contributed by atoms with Crippen LogP contribution in [-0.2, 0) is 24.3 Å². The van der Waals surface area contributed by atoms with E-state index in [1.165, 1.54) is 30.7 Å². The van der Waals surface area contributed by atoms with E-state index in [0.29, 0.717) is 24.3 Å². The second-order valence-corrected chi connectivity index (χ2v) is 8.89. The minimum absolute atomic E-state index is 0.106. The average molecular weight is 429 g/mol. The topological polar surface area (TPSA) is 111 Å². The highest BCUT2D eigenvalue weighted by Crippen LogP contribution is 2.31. The smallest absolute Gasteiger partial charge is 0.325 e. The summed E-state index contributed by atoms with van der Waals surface area (Å²) in [6.45, 7) is 3.69. The van der Waals surface area contributed by atoms with Crippen LogP contribution in [0.4, 0.5) is 0 Å². The van der Waals surface area contributed by atoms with Crippen LogP contribution in [0, 0.1) is 5.92 Å². The van der Waals surface area contributed by atoms with E-state index in [0.717, 1.165) is 0 Å². The summed E-state index contributed by atoms with van der Waals surface area (Å²) in [6, 6.07) is 4.44. The lowest BCUT2D eigenvalue weighted by atomic mass is 9.97. The van der Waals surface area contributed by atoms with Gasteiger partial charge in [0, 0.05) is 25.1 Å². The van der Waals surface area contributed by atoms with Crippen LogP contribution in [0.2, 0.25) is 0 Å². The molecule has 1 aliphatic rings. The number of rotatable bonds is 8. The van der Waals surface area contributed by atoms with Gasteiger partial charge in [0.2, 0.25) is 15.9 Å². The number of piperidine rings is 1. The van der Waals surface area contributed by atoms with Crippen LogP contribution in [0.25, 0.3) is 0 Å². The van der Waals surface area contributed by atoms with Crippen molar-refractivity contribution in [3.63, 3.8) is 0 Å². The van der Waals surface area contributed by atoms with Crippen molar-refractivity contribution < 1.29 is 32.2 Å². The Morgan fingerprint density at radius 1 is 1.14 bits per heavy atom. The van der Waals surface area contributed by atoms with E-state index in [9.17, 15) is 18.0 Å². The summed E-state index contributed by atoms with van der Waals surface area (Å²) < 4.78 is 42.5. The number of nitrogens with one attached hydrogen (secondary N) is 1. The predicted octanol–water partition coefficient (Wildman–Crippen LogP) is 1.17. The van der Waals surface area contributed by atoms with Gasteiger partial charge in [0.1, 0.15) is 6.54 Å². The van der Waals surface area contributed by atoms with Crippen LogP contribution in [0.5, 0.6) is 11.5 Å². The van der Waals surface area contributed by atoms with Gasteiger partial charge in [-0.05, 0) is 38.8 Å².